The van der Waals surface area contributed by atoms with Crippen LogP contribution in [0.5, 0.6) is 0 Å². The summed E-state index contributed by atoms with van der Waals surface area (Å²) in [6, 6.07) is 0. The van der Waals surface area contributed by atoms with E-state index in [4.69, 9.17) is 5.11 Å². The van der Waals surface area contributed by atoms with Crippen molar-refractivity contribution in [2.45, 2.75) is 19.4 Å². The Labute approximate surface area is 113 Å². The van der Waals surface area contributed by atoms with E-state index in [0.717, 1.165) is 5.01 Å². The van der Waals surface area contributed by atoms with Gasteiger partial charge in [0.05, 0.1) is 23.0 Å². The Hall–Kier alpha value is -1.99. The molecule has 100 valence electrons. The number of amides is 1. The standard InChI is InChI=1S/C12H13N3O3S/c1-3-4-8(16)9-7(15-12(17)18)5-13-11-10(9)14-6(2)19-11/h3,5,8,15-16H,1,4H2,2H3,(H,17,18). The molecule has 0 fully saturated rings. The van der Waals surface area contributed by atoms with Crippen molar-refractivity contribution < 1.29 is 15.0 Å². The van der Waals surface area contributed by atoms with Gasteiger partial charge < -0.3 is 10.2 Å². The maximum absolute atomic E-state index is 10.8. The molecule has 3 N–H and O–H groups in total. The van der Waals surface area contributed by atoms with Crippen molar-refractivity contribution in [1.29, 1.82) is 0 Å². The quantitative estimate of drug-likeness (QED) is 0.748. The molecule has 0 aliphatic rings. The van der Waals surface area contributed by atoms with Crippen molar-refractivity contribution in [2.75, 3.05) is 5.32 Å². The number of hydrogen-bond donors (Lipinski definition) is 3. The van der Waals surface area contributed by atoms with Gasteiger partial charge in [0.25, 0.3) is 0 Å². The Balaban J connectivity index is 2.62. The Bertz CT molecular complexity index is 638. The highest BCUT2D eigenvalue weighted by Gasteiger charge is 2.20. The zero-order valence-corrected chi connectivity index (χ0v) is 11.1. The molecule has 0 radical (unpaired) electrons. The van der Waals surface area contributed by atoms with Gasteiger partial charge in [-0.1, -0.05) is 17.4 Å². The van der Waals surface area contributed by atoms with E-state index in [0.29, 0.717) is 22.3 Å². The van der Waals surface area contributed by atoms with E-state index in [1.165, 1.54) is 17.5 Å². The molecule has 19 heavy (non-hydrogen) atoms. The van der Waals surface area contributed by atoms with Crippen LogP contribution in [0, 0.1) is 6.92 Å². The van der Waals surface area contributed by atoms with Crippen LogP contribution in [-0.4, -0.2) is 26.3 Å². The number of pyridine rings is 1. The number of anilines is 1. The van der Waals surface area contributed by atoms with Crippen molar-refractivity contribution in [1.82, 2.24) is 9.97 Å². The van der Waals surface area contributed by atoms with E-state index < -0.39 is 12.2 Å². The molecule has 2 heterocycles. The zero-order chi connectivity index (χ0) is 14.0. The predicted molar refractivity (Wildman–Crippen MR) is 73.6 cm³/mol. The van der Waals surface area contributed by atoms with Gasteiger partial charge in [0, 0.05) is 5.56 Å². The third-order valence-electron chi connectivity index (χ3n) is 2.54. The number of fused-ring (bicyclic) bond motifs is 1. The largest absolute Gasteiger partial charge is 0.465 e. The van der Waals surface area contributed by atoms with E-state index in [2.05, 4.69) is 21.9 Å². The number of aryl methyl sites for hydroxylation is 1. The van der Waals surface area contributed by atoms with Crippen molar-refractivity contribution in [3.8, 4) is 0 Å². The minimum absolute atomic E-state index is 0.250. The van der Waals surface area contributed by atoms with Gasteiger partial charge in [-0.3, -0.25) is 5.32 Å². The van der Waals surface area contributed by atoms with Crippen LogP contribution >= 0.6 is 11.3 Å². The molecule has 0 saturated heterocycles. The lowest BCUT2D eigenvalue weighted by molar-refractivity contribution is 0.183. The van der Waals surface area contributed by atoms with E-state index in [1.807, 2.05) is 6.92 Å². The smallest absolute Gasteiger partial charge is 0.409 e. The predicted octanol–water partition coefficient (Wildman–Crippen LogP) is 2.70. The van der Waals surface area contributed by atoms with Crippen LogP contribution in [0.15, 0.2) is 18.9 Å². The maximum Gasteiger partial charge on any atom is 0.409 e. The molecule has 1 atom stereocenters. The summed E-state index contributed by atoms with van der Waals surface area (Å²) in [7, 11) is 0. The molecule has 0 aliphatic heterocycles. The van der Waals surface area contributed by atoms with Gasteiger partial charge >= 0.3 is 6.09 Å². The first-order valence-electron chi connectivity index (χ1n) is 5.58. The molecule has 0 spiro atoms. The van der Waals surface area contributed by atoms with Gasteiger partial charge in [0.2, 0.25) is 0 Å². The Kier molecular flexibility index (Phi) is 3.77. The summed E-state index contributed by atoms with van der Waals surface area (Å²) in [5.74, 6) is 0. The number of rotatable bonds is 4. The highest BCUT2D eigenvalue weighted by molar-refractivity contribution is 7.18. The van der Waals surface area contributed by atoms with Crippen LogP contribution in [0.25, 0.3) is 10.3 Å². The molecular weight excluding hydrogens is 266 g/mol. The molecule has 0 aliphatic carbocycles. The minimum atomic E-state index is -1.21. The summed E-state index contributed by atoms with van der Waals surface area (Å²) < 4.78 is 0. The fourth-order valence-corrected chi connectivity index (χ4v) is 2.60. The average Bonchev–Trinajstić information content (AvgIpc) is 2.68. The Morgan fingerprint density at radius 2 is 2.42 bits per heavy atom. The molecule has 2 rings (SSSR count). The Morgan fingerprint density at radius 1 is 1.68 bits per heavy atom. The molecule has 2 aromatic rings. The SMILES string of the molecule is C=CCC(O)c1c(NC(=O)O)cnc2sc(C)nc12. The highest BCUT2D eigenvalue weighted by Crippen LogP contribution is 2.33. The van der Waals surface area contributed by atoms with Gasteiger partial charge in [0.1, 0.15) is 10.3 Å². The lowest BCUT2D eigenvalue weighted by atomic mass is 10.1. The van der Waals surface area contributed by atoms with Crippen molar-refractivity contribution in [3.05, 3.63) is 29.4 Å². The molecule has 1 unspecified atom stereocenters. The van der Waals surface area contributed by atoms with Crippen LogP contribution in [0.2, 0.25) is 0 Å². The van der Waals surface area contributed by atoms with Gasteiger partial charge in [0.15, 0.2) is 0 Å². The molecule has 0 aromatic carbocycles. The lowest BCUT2D eigenvalue weighted by Crippen LogP contribution is -2.12. The Morgan fingerprint density at radius 3 is 3.05 bits per heavy atom. The first-order valence-corrected chi connectivity index (χ1v) is 6.39. The molecule has 6 nitrogen and oxygen atoms in total. The van der Waals surface area contributed by atoms with E-state index in [9.17, 15) is 9.90 Å². The summed E-state index contributed by atoms with van der Waals surface area (Å²) in [5, 5.41) is 22.0. The number of carbonyl (C=O) groups is 1. The fraction of sp³-hybridized carbons (Fsp3) is 0.250. The zero-order valence-electron chi connectivity index (χ0n) is 10.3. The molecule has 0 bridgehead atoms. The number of aliphatic hydroxyl groups excluding tert-OH is 1. The first-order chi connectivity index (χ1) is 9.02. The third kappa shape index (κ3) is 2.72. The van der Waals surface area contributed by atoms with E-state index in [-0.39, 0.29) is 5.69 Å². The van der Waals surface area contributed by atoms with Crippen LogP contribution in [0.4, 0.5) is 10.5 Å². The molecule has 1 amide bonds. The second kappa shape index (κ2) is 5.33. The summed E-state index contributed by atoms with van der Waals surface area (Å²) in [4.78, 5) is 19.9. The summed E-state index contributed by atoms with van der Waals surface area (Å²) in [6.45, 7) is 5.41. The average molecular weight is 279 g/mol. The number of hydrogen-bond acceptors (Lipinski definition) is 5. The van der Waals surface area contributed by atoms with Crippen LogP contribution < -0.4 is 5.32 Å². The molecular formula is C12H13N3O3S. The summed E-state index contributed by atoms with van der Waals surface area (Å²) >= 11 is 1.40. The highest BCUT2D eigenvalue weighted by atomic mass is 32.1. The summed E-state index contributed by atoms with van der Waals surface area (Å²) in [6.07, 6.45) is 1.20. The van der Waals surface area contributed by atoms with Gasteiger partial charge in [-0.2, -0.15) is 0 Å². The lowest BCUT2D eigenvalue weighted by Gasteiger charge is -2.14. The van der Waals surface area contributed by atoms with Crippen molar-refractivity contribution in [2.24, 2.45) is 0 Å². The van der Waals surface area contributed by atoms with Gasteiger partial charge in [-0.05, 0) is 13.3 Å². The minimum Gasteiger partial charge on any atom is -0.465 e. The van der Waals surface area contributed by atoms with Gasteiger partial charge in [-0.15, -0.1) is 6.58 Å². The van der Waals surface area contributed by atoms with Crippen molar-refractivity contribution >= 4 is 33.5 Å². The molecule has 2 aromatic heterocycles. The topological polar surface area (TPSA) is 95.3 Å². The van der Waals surface area contributed by atoms with Crippen LogP contribution in [-0.2, 0) is 0 Å². The number of nitrogens with zero attached hydrogens (tertiary/aromatic N) is 2. The third-order valence-corrected chi connectivity index (χ3v) is 3.42. The van der Waals surface area contributed by atoms with Crippen LogP contribution in [0.3, 0.4) is 0 Å². The van der Waals surface area contributed by atoms with E-state index in [1.54, 1.807) is 6.08 Å². The number of aromatic nitrogens is 2. The monoisotopic (exact) mass is 279 g/mol. The number of aliphatic hydroxyl groups is 1. The summed E-state index contributed by atoms with van der Waals surface area (Å²) in [5.41, 5.74) is 1.22. The number of nitrogens with one attached hydrogen (secondary N) is 1. The van der Waals surface area contributed by atoms with Gasteiger partial charge in [-0.25, -0.2) is 14.8 Å². The normalized spacial score (nSPS) is 12.3. The number of thiazole rings is 1. The van der Waals surface area contributed by atoms with E-state index >= 15 is 0 Å². The first kappa shape index (κ1) is 13.4. The maximum atomic E-state index is 10.8. The number of carboxylic acid groups (broad SMARTS) is 1. The second-order valence-electron chi connectivity index (χ2n) is 3.94. The fourth-order valence-electron chi connectivity index (χ4n) is 1.83. The second-order valence-corrected chi connectivity index (χ2v) is 5.12. The van der Waals surface area contributed by atoms with Crippen molar-refractivity contribution in [3.63, 3.8) is 0 Å². The molecule has 0 saturated carbocycles. The van der Waals surface area contributed by atoms with Crippen LogP contribution in [0.1, 0.15) is 23.1 Å². The molecule has 7 heteroatoms.